The lowest BCUT2D eigenvalue weighted by Crippen LogP contribution is -2.04. The molecular formula is C12H14N2O3S. The van der Waals surface area contributed by atoms with Gasteiger partial charge in [0.05, 0.1) is 6.61 Å². The second kappa shape index (κ2) is 5.88. The molecule has 1 unspecified atom stereocenters. The van der Waals surface area contributed by atoms with Gasteiger partial charge in [-0.2, -0.15) is 4.98 Å². The lowest BCUT2D eigenvalue weighted by molar-refractivity contribution is 0.321. The van der Waals surface area contributed by atoms with Crippen LogP contribution in [0.25, 0.3) is 11.4 Å². The second-order valence-electron chi connectivity index (χ2n) is 3.89. The number of hydrogen-bond acceptors (Lipinski definition) is 5. The highest BCUT2D eigenvalue weighted by Crippen LogP contribution is 2.17. The summed E-state index contributed by atoms with van der Waals surface area (Å²) in [6.07, 6.45) is 0. The number of aromatic nitrogens is 2. The lowest BCUT2D eigenvalue weighted by atomic mass is 10.1. The van der Waals surface area contributed by atoms with E-state index >= 15 is 0 Å². The van der Waals surface area contributed by atoms with E-state index in [9.17, 15) is 4.21 Å². The predicted octanol–water partition coefficient (Wildman–Crippen LogP) is 1.29. The summed E-state index contributed by atoms with van der Waals surface area (Å²) >= 11 is 0. The average Bonchev–Trinajstić information content (AvgIpc) is 2.78. The summed E-state index contributed by atoms with van der Waals surface area (Å²) in [4.78, 5) is 4.19. The van der Waals surface area contributed by atoms with Crippen LogP contribution in [0.2, 0.25) is 0 Å². The summed E-state index contributed by atoms with van der Waals surface area (Å²) in [5, 5.41) is 12.5. The maximum absolute atomic E-state index is 11.4. The van der Waals surface area contributed by atoms with E-state index in [1.165, 1.54) is 0 Å². The van der Waals surface area contributed by atoms with Crippen LogP contribution in [0.5, 0.6) is 0 Å². The first-order valence-corrected chi connectivity index (χ1v) is 7.03. The van der Waals surface area contributed by atoms with E-state index in [-0.39, 0.29) is 18.1 Å². The molecule has 2 aromatic rings. The van der Waals surface area contributed by atoms with E-state index in [1.54, 1.807) is 0 Å². The normalized spacial score (nSPS) is 12.6. The fourth-order valence-corrected chi connectivity index (χ4v) is 2.27. The Hall–Kier alpha value is -1.53. The van der Waals surface area contributed by atoms with Crippen molar-refractivity contribution in [2.45, 2.75) is 12.7 Å². The third-order valence-electron chi connectivity index (χ3n) is 2.35. The van der Waals surface area contributed by atoms with E-state index < -0.39 is 10.8 Å². The van der Waals surface area contributed by atoms with E-state index in [0.717, 1.165) is 11.1 Å². The zero-order chi connectivity index (χ0) is 13.0. The fourth-order valence-electron chi connectivity index (χ4n) is 1.53. The summed E-state index contributed by atoms with van der Waals surface area (Å²) in [5.41, 5.74) is 1.99. The van der Waals surface area contributed by atoms with Gasteiger partial charge in [-0.05, 0) is 13.0 Å². The van der Waals surface area contributed by atoms with Crippen LogP contribution in [-0.2, 0) is 16.6 Å². The van der Waals surface area contributed by atoms with E-state index in [4.69, 9.17) is 9.63 Å². The van der Waals surface area contributed by atoms with Gasteiger partial charge in [-0.1, -0.05) is 28.9 Å². The van der Waals surface area contributed by atoms with Crippen molar-refractivity contribution in [1.29, 1.82) is 0 Å². The van der Waals surface area contributed by atoms with Crippen LogP contribution >= 0.6 is 0 Å². The van der Waals surface area contributed by atoms with Gasteiger partial charge < -0.3 is 9.63 Å². The number of aliphatic hydroxyl groups excluding tert-OH is 1. The molecule has 0 spiro atoms. The summed E-state index contributed by atoms with van der Waals surface area (Å²) in [7, 11) is -1.16. The molecule has 0 saturated heterocycles. The van der Waals surface area contributed by atoms with Crippen LogP contribution in [0.15, 0.2) is 28.8 Å². The van der Waals surface area contributed by atoms with E-state index in [1.807, 2.05) is 31.2 Å². The molecule has 0 aliphatic heterocycles. The summed E-state index contributed by atoms with van der Waals surface area (Å²) < 4.78 is 16.5. The third kappa shape index (κ3) is 3.24. The number of hydrogen-bond donors (Lipinski definition) is 1. The Bertz CT molecular complexity index is 554. The Morgan fingerprint density at radius 1 is 1.44 bits per heavy atom. The van der Waals surface area contributed by atoms with Crippen molar-refractivity contribution in [1.82, 2.24) is 10.1 Å². The number of nitrogens with zero attached hydrogens (tertiary/aromatic N) is 2. The van der Waals surface area contributed by atoms with Gasteiger partial charge in [0.15, 0.2) is 0 Å². The van der Waals surface area contributed by atoms with Crippen LogP contribution in [0.4, 0.5) is 0 Å². The molecule has 6 heteroatoms. The molecule has 0 amide bonds. The van der Waals surface area contributed by atoms with Crippen molar-refractivity contribution < 1.29 is 13.8 Å². The van der Waals surface area contributed by atoms with E-state index in [0.29, 0.717) is 11.7 Å². The molecule has 18 heavy (non-hydrogen) atoms. The van der Waals surface area contributed by atoms with Crippen LogP contribution in [0.1, 0.15) is 11.5 Å². The lowest BCUT2D eigenvalue weighted by Gasteiger charge is -1.95. The number of aryl methyl sites for hydroxylation is 1. The quantitative estimate of drug-likeness (QED) is 0.882. The minimum absolute atomic E-state index is 0.106. The molecule has 5 nitrogen and oxygen atoms in total. The zero-order valence-corrected chi connectivity index (χ0v) is 10.8. The fraction of sp³-hybridized carbons (Fsp3) is 0.333. The Labute approximate surface area is 107 Å². The molecule has 0 bridgehead atoms. The molecule has 0 radical (unpaired) electrons. The van der Waals surface area contributed by atoms with Crippen molar-refractivity contribution in [2.24, 2.45) is 0 Å². The van der Waals surface area contributed by atoms with Gasteiger partial charge in [0, 0.05) is 22.1 Å². The van der Waals surface area contributed by atoms with Crippen LogP contribution in [0, 0.1) is 6.92 Å². The molecule has 2 rings (SSSR count). The minimum atomic E-state index is -1.16. The van der Waals surface area contributed by atoms with Crippen molar-refractivity contribution >= 4 is 10.8 Å². The first-order valence-electron chi connectivity index (χ1n) is 5.54. The number of aliphatic hydroxyl groups is 1. The topological polar surface area (TPSA) is 76.2 Å². The molecule has 1 aromatic carbocycles. The van der Waals surface area contributed by atoms with Crippen molar-refractivity contribution in [3.63, 3.8) is 0 Å². The Morgan fingerprint density at radius 2 is 2.28 bits per heavy atom. The number of benzene rings is 1. The first-order chi connectivity index (χ1) is 8.69. The second-order valence-corrected chi connectivity index (χ2v) is 5.47. The minimum Gasteiger partial charge on any atom is -0.395 e. The van der Waals surface area contributed by atoms with Gasteiger partial charge in [-0.3, -0.25) is 4.21 Å². The standard InChI is InChI=1S/C12H14N2O3S/c1-9-3-2-4-10(7-9)12-13-11(17-14-12)8-18(16)6-5-15/h2-4,7,15H,5-6,8H2,1H3. The van der Waals surface area contributed by atoms with E-state index in [2.05, 4.69) is 10.1 Å². The highest BCUT2D eigenvalue weighted by Gasteiger charge is 2.11. The Morgan fingerprint density at radius 3 is 3.00 bits per heavy atom. The highest BCUT2D eigenvalue weighted by atomic mass is 32.2. The van der Waals surface area contributed by atoms with Gasteiger partial charge in [0.2, 0.25) is 11.7 Å². The van der Waals surface area contributed by atoms with Gasteiger partial charge in [0.25, 0.3) is 0 Å². The maximum atomic E-state index is 11.4. The van der Waals surface area contributed by atoms with Crippen molar-refractivity contribution in [3.05, 3.63) is 35.7 Å². The highest BCUT2D eigenvalue weighted by molar-refractivity contribution is 7.84. The molecule has 96 valence electrons. The Balaban J connectivity index is 2.13. The van der Waals surface area contributed by atoms with Gasteiger partial charge in [0.1, 0.15) is 5.75 Å². The largest absolute Gasteiger partial charge is 0.395 e. The molecule has 0 saturated carbocycles. The third-order valence-corrected chi connectivity index (χ3v) is 3.55. The summed E-state index contributed by atoms with van der Waals surface area (Å²) in [5.74, 6) is 1.23. The molecule has 0 aliphatic carbocycles. The molecule has 0 fully saturated rings. The predicted molar refractivity (Wildman–Crippen MR) is 68.3 cm³/mol. The van der Waals surface area contributed by atoms with Crippen molar-refractivity contribution in [2.75, 3.05) is 12.4 Å². The molecule has 1 N–H and O–H groups in total. The van der Waals surface area contributed by atoms with Crippen LogP contribution in [-0.4, -0.2) is 31.8 Å². The molecule has 0 aliphatic rings. The summed E-state index contributed by atoms with van der Waals surface area (Å²) in [6, 6.07) is 7.76. The molecular weight excluding hydrogens is 252 g/mol. The number of rotatable bonds is 5. The maximum Gasteiger partial charge on any atom is 0.239 e. The first kappa shape index (κ1) is 12.9. The van der Waals surface area contributed by atoms with Gasteiger partial charge >= 0.3 is 0 Å². The Kier molecular flexibility index (Phi) is 4.22. The SMILES string of the molecule is Cc1cccc(-c2noc(CS(=O)CCO)n2)c1. The monoisotopic (exact) mass is 266 g/mol. The van der Waals surface area contributed by atoms with Crippen molar-refractivity contribution in [3.8, 4) is 11.4 Å². The smallest absolute Gasteiger partial charge is 0.239 e. The van der Waals surface area contributed by atoms with Crippen LogP contribution in [0.3, 0.4) is 0 Å². The van der Waals surface area contributed by atoms with Gasteiger partial charge in [-0.25, -0.2) is 0 Å². The zero-order valence-electron chi connectivity index (χ0n) is 10.00. The molecule has 1 atom stereocenters. The van der Waals surface area contributed by atoms with Gasteiger partial charge in [-0.15, -0.1) is 0 Å². The van der Waals surface area contributed by atoms with Crippen LogP contribution < -0.4 is 0 Å². The summed E-state index contributed by atoms with van der Waals surface area (Å²) in [6.45, 7) is 1.88. The molecule has 1 heterocycles. The average molecular weight is 266 g/mol. The molecule has 1 aromatic heterocycles.